The molecule has 0 saturated carbocycles. The molecule has 14 heteroatoms. The molecule has 0 bridgehead atoms. The molecule has 0 amide bonds. The Morgan fingerprint density at radius 3 is 2.51 bits per heavy atom. The highest BCUT2D eigenvalue weighted by atomic mass is 35.5. The summed E-state index contributed by atoms with van der Waals surface area (Å²) in [7, 11) is 0.793. The van der Waals surface area contributed by atoms with Crippen molar-refractivity contribution in [1.29, 1.82) is 0 Å². The van der Waals surface area contributed by atoms with Crippen molar-refractivity contribution in [3.63, 3.8) is 0 Å². The third kappa shape index (κ3) is 5.80. The maximum atomic E-state index is 14.7. The van der Waals surface area contributed by atoms with Crippen LogP contribution >= 0.6 is 11.6 Å². The summed E-state index contributed by atoms with van der Waals surface area (Å²) < 4.78 is 70.2. The first-order valence-electron chi connectivity index (χ1n) is 9.69. The first kappa shape index (κ1) is 25.7. The maximum absolute atomic E-state index is 14.7. The summed E-state index contributed by atoms with van der Waals surface area (Å²) in [5.74, 6) is -1.99. The predicted molar refractivity (Wildman–Crippen MR) is 114 cm³/mol. The molecule has 2 heterocycles. The molecule has 35 heavy (non-hydrogen) atoms. The molecule has 0 saturated heterocycles. The largest absolute Gasteiger partial charge is 0.471 e. The molecule has 0 aliphatic carbocycles. The van der Waals surface area contributed by atoms with Crippen LogP contribution in [0.4, 0.5) is 17.6 Å². The Morgan fingerprint density at radius 1 is 1.14 bits per heavy atom. The van der Waals surface area contributed by atoms with Crippen LogP contribution in [0.2, 0.25) is 5.02 Å². The van der Waals surface area contributed by atoms with Gasteiger partial charge >= 0.3 is 17.8 Å². The van der Waals surface area contributed by atoms with Crippen LogP contribution in [-0.4, -0.2) is 33.3 Å². The molecule has 0 N–H and O–H groups in total. The number of halogens is 5. The minimum Gasteiger partial charge on any atom is -0.471 e. The Hall–Kier alpha value is -3.87. The number of esters is 1. The summed E-state index contributed by atoms with van der Waals surface area (Å²) in [5.41, 5.74) is -5.04. The van der Waals surface area contributed by atoms with Crippen LogP contribution in [0.25, 0.3) is 5.69 Å². The van der Waals surface area contributed by atoms with E-state index in [1.165, 1.54) is 25.3 Å². The zero-order valence-electron chi connectivity index (χ0n) is 18.1. The van der Waals surface area contributed by atoms with Crippen LogP contribution in [0, 0.1) is 5.82 Å². The van der Waals surface area contributed by atoms with Crippen LogP contribution in [-0.2, 0) is 22.8 Å². The number of hydrogen-bond acceptors (Lipinski definition) is 7. The van der Waals surface area contributed by atoms with E-state index in [4.69, 9.17) is 25.8 Å². The van der Waals surface area contributed by atoms with Crippen molar-refractivity contribution in [3.8, 4) is 23.1 Å². The molecule has 3 rings (SSSR count). The van der Waals surface area contributed by atoms with Gasteiger partial charge in [-0.25, -0.2) is 18.7 Å². The van der Waals surface area contributed by atoms with Gasteiger partial charge in [0.2, 0.25) is 0 Å². The van der Waals surface area contributed by atoms with Crippen molar-refractivity contribution >= 4 is 17.6 Å². The molecule has 0 radical (unpaired) electrons. The van der Waals surface area contributed by atoms with Crippen molar-refractivity contribution in [1.82, 2.24) is 14.1 Å². The van der Waals surface area contributed by atoms with Gasteiger partial charge in [-0.15, -0.1) is 0 Å². The molecular formula is C21H16ClF4N3O6. The van der Waals surface area contributed by atoms with Gasteiger partial charge in [0.1, 0.15) is 30.5 Å². The monoisotopic (exact) mass is 517 g/mol. The van der Waals surface area contributed by atoms with Gasteiger partial charge in [-0.1, -0.05) is 11.6 Å². The molecule has 9 nitrogen and oxygen atoms in total. The number of carbonyl (C=O) groups excluding carboxylic acids is 1. The number of rotatable bonds is 7. The number of benzene rings is 1. The third-order valence-corrected chi connectivity index (χ3v) is 4.73. The Labute approximate surface area is 199 Å². The van der Waals surface area contributed by atoms with Gasteiger partial charge in [-0.3, -0.25) is 14.2 Å². The van der Waals surface area contributed by atoms with E-state index in [0.717, 1.165) is 19.2 Å². The van der Waals surface area contributed by atoms with Gasteiger partial charge in [-0.05, 0) is 18.2 Å². The summed E-state index contributed by atoms with van der Waals surface area (Å²) in [5, 5.41) is -0.280. The lowest BCUT2D eigenvalue weighted by Crippen LogP contribution is -2.41. The molecule has 0 atom stereocenters. The minimum atomic E-state index is -4.98. The number of carbonyl (C=O) groups is 1. The Balaban J connectivity index is 2.01. The van der Waals surface area contributed by atoms with E-state index in [1.54, 1.807) is 0 Å². The first-order chi connectivity index (χ1) is 16.4. The standard InChI is InChI=1S/C21H16ClF4N3O6/c1-11(30)33-6-7-34-19-15(4-3-5-27-19)35-16-9-14(13(23)8-12(16)22)29-18(31)10-17(21(24,25)26)28(2)20(29)32/h3-5,8-10H,6-7H2,1-2H3. The van der Waals surface area contributed by atoms with Gasteiger partial charge in [-0.2, -0.15) is 13.2 Å². The fourth-order valence-electron chi connectivity index (χ4n) is 2.89. The fraction of sp³-hybridized carbons (Fsp3) is 0.238. The van der Waals surface area contributed by atoms with E-state index in [1.807, 2.05) is 0 Å². The van der Waals surface area contributed by atoms with Gasteiger partial charge in [0, 0.05) is 32.3 Å². The second kappa shape index (κ2) is 10.2. The third-order valence-electron chi connectivity index (χ3n) is 4.44. The average Bonchev–Trinajstić information content (AvgIpc) is 2.76. The van der Waals surface area contributed by atoms with Crippen molar-refractivity contribution < 1.29 is 36.6 Å². The zero-order valence-corrected chi connectivity index (χ0v) is 18.8. The minimum absolute atomic E-state index is 0.0116. The lowest BCUT2D eigenvalue weighted by Gasteiger charge is -2.16. The van der Waals surface area contributed by atoms with E-state index in [0.29, 0.717) is 0 Å². The molecule has 3 aromatic rings. The normalized spacial score (nSPS) is 11.3. The summed E-state index contributed by atoms with van der Waals surface area (Å²) in [6.45, 7) is 1.07. The lowest BCUT2D eigenvalue weighted by atomic mass is 10.2. The SMILES string of the molecule is CC(=O)OCCOc1ncccc1Oc1cc(-n2c(=O)cc(C(F)(F)F)n(C)c2=O)c(F)cc1Cl. The average molecular weight is 518 g/mol. The van der Waals surface area contributed by atoms with Gasteiger partial charge in [0.25, 0.3) is 11.4 Å². The molecule has 1 aromatic carbocycles. The van der Waals surface area contributed by atoms with E-state index < -0.39 is 40.6 Å². The predicted octanol–water partition coefficient (Wildman–Crippen LogP) is 3.48. The summed E-state index contributed by atoms with van der Waals surface area (Å²) in [6.07, 6.45) is -3.61. The molecule has 0 spiro atoms. The van der Waals surface area contributed by atoms with Gasteiger partial charge in [0.05, 0.1) is 10.7 Å². The second-order valence-corrected chi connectivity index (χ2v) is 7.28. The van der Waals surface area contributed by atoms with E-state index in [9.17, 15) is 31.9 Å². The second-order valence-electron chi connectivity index (χ2n) is 6.87. The highest BCUT2D eigenvalue weighted by Crippen LogP contribution is 2.36. The van der Waals surface area contributed by atoms with Gasteiger partial charge < -0.3 is 14.2 Å². The molecule has 0 aliphatic heterocycles. The highest BCUT2D eigenvalue weighted by molar-refractivity contribution is 6.32. The van der Waals surface area contributed by atoms with Gasteiger partial charge in [0.15, 0.2) is 5.75 Å². The smallest absolute Gasteiger partial charge is 0.431 e. The van der Waals surface area contributed by atoms with Crippen molar-refractivity contribution in [2.24, 2.45) is 7.05 Å². The number of ether oxygens (including phenoxy) is 3. The maximum Gasteiger partial charge on any atom is 0.431 e. The van der Waals surface area contributed by atoms with Crippen LogP contribution in [0.1, 0.15) is 12.6 Å². The summed E-state index contributed by atoms with van der Waals surface area (Å²) >= 11 is 6.05. The number of alkyl halides is 3. The molecular weight excluding hydrogens is 502 g/mol. The Bertz CT molecular complexity index is 1390. The van der Waals surface area contributed by atoms with Crippen LogP contribution in [0.5, 0.6) is 17.4 Å². The summed E-state index contributed by atoms with van der Waals surface area (Å²) in [6, 6.07) is 4.67. The van der Waals surface area contributed by atoms with E-state index in [2.05, 4.69) is 4.98 Å². The molecule has 0 unspecified atom stereocenters. The Morgan fingerprint density at radius 2 is 1.86 bits per heavy atom. The van der Waals surface area contributed by atoms with Crippen molar-refractivity contribution in [2.45, 2.75) is 13.1 Å². The topological polar surface area (TPSA) is 102 Å². The summed E-state index contributed by atoms with van der Waals surface area (Å²) in [4.78, 5) is 39.7. The van der Waals surface area contributed by atoms with E-state index in [-0.39, 0.29) is 50.8 Å². The molecule has 186 valence electrons. The quantitative estimate of drug-likeness (QED) is 0.269. The van der Waals surface area contributed by atoms with Crippen molar-refractivity contribution in [3.05, 3.63) is 73.9 Å². The Kier molecular flexibility index (Phi) is 7.48. The molecule has 2 aromatic heterocycles. The van der Waals surface area contributed by atoms with Crippen LogP contribution < -0.4 is 20.7 Å². The lowest BCUT2D eigenvalue weighted by molar-refractivity contribution is -0.144. The fourth-order valence-corrected chi connectivity index (χ4v) is 3.08. The number of aromatic nitrogens is 3. The number of hydrogen-bond donors (Lipinski definition) is 0. The highest BCUT2D eigenvalue weighted by Gasteiger charge is 2.35. The molecule has 0 fully saturated rings. The van der Waals surface area contributed by atoms with E-state index >= 15 is 0 Å². The number of nitrogens with zero attached hydrogens (tertiary/aromatic N) is 3. The number of pyridine rings is 1. The molecule has 0 aliphatic rings. The van der Waals surface area contributed by atoms with Crippen LogP contribution in [0.15, 0.2) is 46.1 Å². The van der Waals surface area contributed by atoms with Crippen molar-refractivity contribution in [2.75, 3.05) is 13.2 Å². The zero-order chi connectivity index (χ0) is 25.9. The van der Waals surface area contributed by atoms with Crippen LogP contribution in [0.3, 0.4) is 0 Å². The first-order valence-corrected chi connectivity index (χ1v) is 10.1.